The molecule has 130 valence electrons. The summed E-state index contributed by atoms with van der Waals surface area (Å²) in [7, 11) is 0. The van der Waals surface area contributed by atoms with Crippen LogP contribution in [0.4, 0.5) is 4.79 Å². The van der Waals surface area contributed by atoms with E-state index in [0.717, 1.165) is 30.5 Å². The zero-order chi connectivity index (χ0) is 16.8. The Morgan fingerprint density at radius 1 is 1.27 bits per heavy atom. The van der Waals surface area contributed by atoms with Gasteiger partial charge in [0, 0.05) is 24.2 Å². The second kappa shape index (κ2) is 8.68. The molecule has 1 saturated heterocycles. The maximum absolute atomic E-state index is 12.3. The molecular formula is C16H30INO4. The molecule has 6 heteroatoms. The third-order valence-electron chi connectivity index (χ3n) is 3.46. The topological polar surface area (TPSA) is 48.0 Å². The Morgan fingerprint density at radius 3 is 2.32 bits per heavy atom. The fourth-order valence-corrected chi connectivity index (χ4v) is 2.76. The van der Waals surface area contributed by atoms with Crippen LogP contribution >= 0.6 is 22.6 Å². The van der Waals surface area contributed by atoms with Crippen molar-refractivity contribution >= 4 is 28.7 Å². The molecule has 0 saturated carbocycles. The summed E-state index contributed by atoms with van der Waals surface area (Å²) < 4.78 is 18.0. The number of likely N-dealkylation sites (N-methyl/N-ethyl adjacent to an activating group) is 1. The van der Waals surface area contributed by atoms with Gasteiger partial charge >= 0.3 is 6.09 Å². The molecule has 22 heavy (non-hydrogen) atoms. The van der Waals surface area contributed by atoms with Gasteiger partial charge in [-0.05, 0) is 47.5 Å². The number of halogens is 1. The van der Waals surface area contributed by atoms with E-state index >= 15 is 0 Å². The van der Waals surface area contributed by atoms with E-state index in [2.05, 4.69) is 29.5 Å². The smallest absolute Gasteiger partial charge is 0.410 e. The average Bonchev–Trinajstić information content (AvgIpc) is 2.44. The first-order valence-electron chi connectivity index (χ1n) is 7.98. The van der Waals surface area contributed by atoms with Crippen LogP contribution in [0.25, 0.3) is 0 Å². The Kier molecular flexibility index (Phi) is 7.88. The summed E-state index contributed by atoms with van der Waals surface area (Å²) in [6.07, 6.45) is 1.78. The second-order valence-corrected chi connectivity index (χ2v) is 7.77. The lowest BCUT2D eigenvalue weighted by atomic mass is 10.1. The summed E-state index contributed by atoms with van der Waals surface area (Å²) in [5.41, 5.74) is -0.845. The van der Waals surface area contributed by atoms with Gasteiger partial charge in [-0.2, -0.15) is 0 Å². The number of hydrogen-bond donors (Lipinski definition) is 0. The molecule has 1 fully saturated rings. The van der Waals surface area contributed by atoms with E-state index in [-0.39, 0.29) is 17.8 Å². The maximum atomic E-state index is 12.3. The van der Waals surface area contributed by atoms with Crippen molar-refractivity contribution in [3.8, 4) is 0 Å². The number of carbonyl (C=O) groups is 1. The molecule has 0 spiro atoms. The molecule has 0 aliphatic carbocycles. The molecule has 0 aromatic heterocycles. The summed E-state index contributed by atoms with van der Waals surface area (Å²) >= 11 is 2.33. The van der Waals surface area contributed by atoms with Crippen molar-refractivity contribution in [2.75, 3.05) is 30.7 Å². The van der Waals surface area contributed by atoms with Crippen molar-refractivity contribution < 1.29 is 19.0 Å². The van der Waals surface area contributed by atoms with Gasteiger partial charge in [0.2, 0.25) is 0 Å². The molecule has 0 aromatic carbocycles. The van der Waals surface area contributed by atoms with Crippen molar-refractivity contribution in [1.82, 2.24) is 4.90 Å². The SMILES string of the molecule is CCN(CC(C)(CI)OC1CCOCC1)C(=O)OC(C)(C)C. The number of hydrogen-bond acceptors (Lipinski definition) is 4. The molecular weight excluding hydrogens is 397 g/mol. The molecule has 1 aliphatic heterocycles. The van der Waals surface area contributed by atoms with Gasteiger partial charge in [-0.15, -0.1) is 0 Å². The van der Waals surface area contributed by atoms with Crippen molar-refractivity contribution in [3.05, 3.63) is 0 Å². The Hall–Kier alpha value is -0.0800. The van der Waals surface area contributed by atoms with Crippen LogP contribution in [0.15, 0.2) is 0 Å². The Labute approximate surface area is 148 Å². The van der Waals surface area contributed by atoms with Gasteiger partial charge in [-0.25, -0.2) is 4.79 Å². The quantitative estimate of drug-likeness (QED) is 0.480. The molecule has 1 atom stereocenters. The minimum Gasteiger partial charge on any atom is -0.444 e. The van der Waals surface area contributed by atoms with Gasteiger partial charge in [-0.3, -0.25) is 0 Å². The van der Waals surface area contributed by atoms with Gasteiger partial charge < -0.3 is 19.1 Å². The first-order chi connectivity index (χ1) is 10.2. The molecule has 1 aliphatic rings. The lowest BCUT2D eigenvalue weighted by Crippen LogP contribution is -2.50. The van der Waals surface area contributed by atoms with Gasteiger partial charge in [0.1, 0.15) is 5.60 Å². The van der Waals surface area contributed by atoms with Crippen LogP contribution in [-0.4, -0.2) is 59.0 Å². The van der Waals surface area contributed by atoms with Gasteiger partial charge in [0.15, 0.2) is 0 Å². The molecule has 1 amide bonds. The summed E-state index contributed by atoms with van der Waals surface area (Å²) in [6, 6.07) is 0. The lowest BCUT2D eigenvalue weighted by molar-refractivity contribution is -0.115. The molecule has 1 unspecified atom stereocenters. The molecule has 5 nitrogen and oxygen atoms in total. The minimum absolute atomic E-state index is 0.214. The van der Waals surface area contributed by atoms with Crippen LogP contribution in [-0.2, 0) is 14.2 Å². The highest BCUT2D eigenvalue weighted by atomic mass is 127. The number of rotatable bonds is 6. The standard InChI is InChI=1S/C16H30INO4/c1-6-18(14(19)22-15(2,3)4)12-16(5,11-17)21-13-7-9-20-10-8-13/h13H,6-12H2,1-5H3. The largest absolute Gasteiger partial charge is 0.444 e. The third-order valence-corrected chi connectivity index (χ3v) is 5.07. The van der Waals surface area contributed by atoms with Crippen LogP contribution in [0.2, 0.25) is 0 Å². The molecule has 1 rings (SSSR count). The molecule has 1 heterocycles. The number of amides is 1. The van der Waals surface area contributed by atoms with E-state index in [1.165, 1.54) is 0 Å². The fourth-order valence-electron chi connectivity index (χ4n) is 2.34. The van der Waals surface area contributed by atoms with Crippen LogP contribution in [0.3, 0.4) is 0 Å². The van der Waals surface area contributed by atoms with Crippen molar-refractivity contribution in [2.24, 2.45) is 0 Å². The maximum Gasteiger partial charge on any atom is 0.410 e. The average molecular weight is 427 g/mol. The Bertz CT molecular complexity index is 353. The van der Waals surface area contributed by atoms with E-state index < -0.39 is 5.60 Å². The van der Waals surface area contributed by atoms with Gasteiger partial charge in [-0.1, -0.05) is 22.6 Å². The van der Waals surface area contributed by atoms with Crippen molar-refractivity contribution in [3.63, 3.8) is 0 Å². The van der Waals surface area contributed by atoms with E-state index in [1.807, 2.05) is 27.7 Å². The minimum atomic E-state index is -0.479. The zero-order valence-electron chi connectivity index (χ0n) is 14.5. The first kappa shape index (κ1) is 20.0. The molecule has 0 bridgehead atoms. The Balaban J connectivity index is 2.65. The second-order valence-electron chi connectivity index (χ2n) is 7.01. The monoisotopic (exact) mass is 427 g/mol. The summed E-state index contributed by atoms with van der Waals surface area (Å²) in [4.78, 5) is 14.0. The number of alkyl halides is 1. The fraction of sp³-hybridized carbons (Fsp3) is 0.938. The number of nitrogens with zero attached hydrogens (tertiary/aromatic N) is 1. The van der Waals surface area contributed by atoms with Gasteiger partial charge in [0.25, 0.3) is 0 Å². The van der Waals surface area contributed by atoms with E-state index in [1.54, 1.807) is 4.90 Å². The summed E-state index contributed by atoms with van der Waals surface area (Å²) in [6.45, 7) is 12.3. The predicted octanol–water partition coefficient (Wildman–Crippen LogP) is 3.63. The third kappa shape index (κ3) is 7.00. The first-order valence-corrected chi connectivity index (χ1v) is 9.51. The van der Waals surface area contributed by atoms with Crippen LogP contribution in [0.5, 0.6) is 0 Å². The normalized spacial score (nSPS) is 19.5. The number of carbonyl (C=O) groups excluding carboxylic acids is 1. The van der Waals surface area contributed by atoms with E-state index in [0.29, 0.717) is 13.1 Å². The van der Waals surface area contributed by atoms with Gasteiger partial charge in [0.05, 0.1) is 18.2 Å². The highest BCUT2D eigenvalue weighted by Crippen LogP contribution is 2.24. The van der Waals surface area contributed by atoms with Crippen LogP contribution in [0, 0.1) is 0 Å². The highest BCUT2D eigenvalue weighted by molar-refractivity contribution is 14.1. The van der Waals surface area contributed by atoms with E-state index in [4.69, 9.17) is 14.2 Å². The summed E-state index contributed by atoms with van der Waals surface area (Å²) in [5, 5.41) is 0. The lowest BCUT2D eigenvalue weighted by Gasteiger charge is -2.38. The molecule has 0 N–H and O–H groups in total. The molecule has 0 radical (unpaired) electrons. The highest BCUT2D eigenvalue weighted by Gasteiger charge is 2.33. The molecule has 0 aromatic rings. The van der Waals surface area contributed by atoms with E-state index in [9.17, 15) is 4.79 Å². The predicted molar refractivity (Wildman–Crippen MR) is 95.7 cm³/mol. The summed E-state index contributed by atoms with van der Waals surface area (Å²) in [5.74, 6) is 0. The number of ether oxygens (including phenoxy) is 3. The van der Waals surface area contributed by atoms with Crippen molar-refractivity contribution in [2.45, 2.75) is 64.8 Å². The Morgan fingerprint density at radius 2 is 1.86 bits per heavy atom. The van der Waals surface area contributed by atoms with Crippen molar-refractivity contribution in [1.29, 1.82) is 0 Å². The zero-order valence-corrected chi connectivity index (χ0v) is 16.6. The van der Waals surface area contributed by atoms with Crippen LogP contribution < -0.4 is 0 Å². The van der Waals surface area contributed by atoms with Crippen LogP contribution in [0.1, 0.15) is 47.5 Å².